The Balaban J connectivity index is 1.97. The summed E-state index contributed by atoms with van der Waals surface area (Å²) in [7, 11) is 3.32. The zero-order valence-electron chi connectivity index (χ0n) is 14.1. The van der Waals surface area contributed by atoms with Crippen molar-refractivity contribution in [2.24, 2.45) is 0 Å². The molecule has 0 unspecified atom stereocenters. The molecule has 130 valence electrons. The largest absolute Gasteiger partial charge is 0.465 e. The third-order valence-corrected chi connectivity index (χ3v) is 5.30. The minimum Gasteiger partial charge on any atom is -0.465 e. The molecule has 0 fully saturated rings. The van der Waals surface area contributed by atoms with Crippen LogP contribution in [0.5, 0.6) is 0 Å². The predicted molar refractivity (Wildman–Crippen MR) is 99.7 cm³/mol. The van der Waals surface area contributed by atoms with Crippen molar-refractivity contribution < 1.29 is 9.53 Å². The molecule has 0 saturated carbocycles. The van der Waals surface area contributed by atoms with E-state index < -0.39 is 0 Å². The number of rotatable bonds is 5. The van der Waals surface area contributed by atoms with Crippen molar-refractivity contribution in [3.05, 3.63) is 45.8 Å². The first kappa shape index (κ1) is 17.6. The number of pyridine rings is 1. The molecule has 3 rings (SSSR count). The van der Waals surface area contributed by atoms with E-state index in [4.69, 9.17) is 16.3 Å². The number of aryl methyl sites for hydroxylation is 1. The minimum absolute atomic E-state index is 0.163. The second-order valence-corrected chi connectivity index (χ2v) is 6.91. The number of carbonyl (C=O) groups is 1. The number of carbonyl (C=O) groups excluding carboxylic acids is 1. The van der Waals surface area contributed by atoms with E-state index in [-0.39, 0.29) is 11.3 Å². The summed E-state index contributed by atoms with van der Waals surface area (Å²) in [5, 5.41) is 1.00. The summed E-state index contributed by atoms with van der Waals surface area (Å²) < 4.78 is 4.85. The molecule has 0 atom stereocenters. The summed E-state index contributed by atoms with van der Waals surface area (Å²) in [4.78, 5) is 27.9. The predicted octanol–water partition coefficient (Wildman–Crippen LogP) is 3.51. The highest BCUT2D eigenvalue weighted by Gasteiger charge is 2.22. The van der Waals surface area contributed by atoms with Crippen molar-refractivity contribution in [2.45, 2.75) is 13.3 Å². The fourth-order valence-corrected chi connectivity index (χ4v) is 3.92. The normalized spacial score (nSPS) is 10.9. The van der Waals surface area contributed by atoms with Gasteiger partial charge in [-0.3, -0.25) is 4.98 Å². The van der Waals surface area contributed by atoms with Gasteiger partial charge in [-0.1, -0.05) is 0 Å². The fraction of sp³-hybridized carbons (Fsp3) is 0.294. The highest BCUT2D eigenvalue weighted by molar-refractivity contribution is 7.20. The summed E-state index contributed by atoms with van der Waals surface area (Å²) in [5.41, 5.74) is 2.00. The number of likely N-dealkylation sites (N-methyl/N-ethyl adjacent to an activating group) is 1. The van der Waals surface area contributed by atoms with Gasteiger partial charge < -0.3 is 9.64 Å². The van der Waals surface area contributed by atoms with E-state index in [1.54, 1.807) is 12.4 Å². The van der Waals surface area contributed by atoms with Crippen LogP contribution in [-0.2, 0) is 11.2 Å². The molecule has 25 heavy (non-hydrogen) atoms. The van der Waals surface area contributed by atoms with E-state index in [2.05, 4.69) is 15.0 Å². The standard InChI is InChI=1S/C17H17ClN4O2S/c1-10-12-14(22(2)9-6-11-4-7-19-8-5-11)20-17(18)21-15(12)25-13(10)16(23)24-3/h4-5,7-8H,6,9H2,1-3H3. The Bertz CT molecular complexity index is 914. The molecule has 0 aromatic carbocycles. The van der Waals surface area contributed by atoms with Gasteiger partial charge >= 0.3 is 5.97 Å². The smallest absolute Gasteiger partial charge is 0.348 e. The van der Waals surface area contributed by atoms with Crippen LogP contribution in [0, 0.1) is 6.92 Å². The lowest BCUT2D eigenvalue weighted by Gasteiger charge is -2.19. The highest BCUT2D eigenvalue weighted by atomic mass is 35.5. The second-order valence-electron chi connectivity index (χ2n) is 5.57. The van der Waals surface area contributed by atoms with E-state index >= 15 is 0 Å². The lowest BCUT2D eigenvalue weighted by atomic mass is 10.1. The summed E-state index contributed by atoms with van der Waals surface area (Å²) in [6.45, 7) is 2.62. The molecular weight excluding hydrogens is 360 g/mol. The van der Waals surface area contributed by atoms with Crippen LogP contribution in [0.15, 0.2) is 24.5 Å². The molecule has 0 spiro atoms. The van der Waals surface area contributed by atoms with Gasteiger partial charge in [0.1, 0.15) is 15.5 Å². The van der Waals surface area contributed by atoms with Crippen LogP contribution in [-0.4, -0.2) is 41.6 Å². The van der Waals surface area contributed by atoms with E-state index in [0.29, 0.717) is 15.5 Å². The van der Waals surface area contributed by atoms with E-state index in [1.807, 2.05) is 31.0 Å². The van der Waals surface area contributed by atoms with Crippen LogP contribution in [0.1, 0.15) is 20.8 Å². The van der Waals surface area contributed by atoms with Gasteiger partial charge in [0.2, 0.25) is 5.28 Å². The van der Waals surface area contributed by atoms with Crippen molar-refractivity contribution in [3.8, 4) is 0 Å². The number of aromatic nitrogens is 3. The molecule has 0 saturated heterocycles. The van der Waals surface area contributed by atoms with Gasteiger partial charge in [-0.15, -0.1) is 11.3 Å². The molecule has 0 aliphatic rings. The van der Waals surface area contributed by atoms with Crippen molar-refractivity contribution in [1.82, 2.24) is 15.0 Å². The molecule has 0 aliphatic carbocycles. The number of anilines is 1. The zero-order chi connectivity index (χ0) is 18.0. The molecule has 0 aliphatic heterocycles. The van der Waals surface area contributed by atoms with E-state index in [9.17, 15) is 4.79 Å². The number of methoxy groups -OCH3 is 1. The average Bonchev–Trinajstić information content (AvgIpc) is 2.95. The van der Waals surface area contributed by atoms with Gasteiger partial charge in [0.05, 0.1) is 12.5 Å². The van der Waals surface area contributed by atoms with Crippen LogP contribution >= 0.6 is 22.9 Å². The topological polar surface area (TPSA) is 68.2 Å². The minimum atomic E-state index is -0.373. The lowest BCUT2D eigenvalue weighted by molar-refractivity contribution is 0.0605. The lowest BCUT2D eigenvalue weighted by Crippen LogP contribution is -2.22. The Morgan fingerprint density at radius 3 is 2.72 bits per heavy atom. The van der Waals surface area contributed by atoms with Crippen molar-refractivity contribution in [3.63, 3.8) is 0 Å². The van der Waals surface area contributed by atoms with Crippen LogP contribution < -0.4 is 4.90 Å². The first-order valence-corrected chi connectivity index (χ1v) is 8.85. The zero-order valence-corrected chi connectivity index (χ0v) is 15.7. The van der Waals surface area contributed by atoms with E-state index in [1.165, 1.54) is 24.0 Å². The molecule has 6 nitrogen and oxygen atoms in total. The first-order valence-electron chi connectivity index (χ1n) is 7.66. The Morgan fingerprint density at radius 2 is 2.04 bits per heavy atom. The summed E-state index contributed by atoms with van der Waals surface area (Å²) in [5.74, 6) is 0.343. The quantitative estimate of drug-likeness (QED) is 0.501. The number of halogens is 1. The molecule has 0 amide bonds. The van der Waals surface area contributed by atoms with Gasteiger partial charge in [-0.2, -0.15) is 4.98 Å². The van der Waals surface area contributed by atoms with Crippen LogP contribution in [0.2, 0.25) is 5.28 Å². The molecule has 3 aromatic heterocycles. The van der Waals surface area contributed by atoms with Crippen molar-refractivity contribution in [1.29, 1.82) is 0 Å². The van der Waals surface area contributed by atoms with Gasteiger partial charge in [0.25, 0.3) is 0 Å². The fourth-order valence-electron chi connectivity index (χ4n) is 2.61. The third-order valence-electron chi connectivity index (χ3n) is 3.96. The SMILES string of the molecule is COC(=O)c1sc2nc(Cl)nc(N(C)CCc3ccncc3)c2c1C. The van der Waals surface area contributed by atoms with Crippen LogP contribution in [0.4, 0.5) is 5.82 Å². The molecule has 3 heterocycles. The maximum atomic E-state index is 12.0. The number of thiophene rings is 1. The number of fused-ring (bicyclic) bond motifs is 1. The highest BCUT2D eigenvalue weighted by Crippen LogP contribution is 2.36. The summed E-state index contributed by atoms with van der Waals surface area (Å²) in [6.07, 6.45) is 4.40. The van der Waals surface area contributed by atoms with Crippen molar-refractivity contribution >= 4 is 44.9 Å². The molecular formula is C17H17ClN4O2S. The number of nitrogens with zero attached hydrogens (tertiary/aromatic N) is 4. The summed E-state index contributed by atoms with van der Waals surface area (Å²) in [6, 6.07) is 3.98. The number of esters is 1. The maximum Gasteiger partial charge on any atom is 0.348 e. The third kappa shape index (κ3) is 3.57. The number of ether oxygens (including phenoxy) is 1. The Morgan fingerprint density at radius 1 is 1.32 bits per heavy atom. The maximum absolute atomic E-state index is 12.0. The Kier molecular flexibility index (Phi) is 5.15. The summed E-state index contributed by atoms with van der Waals surface area (Å²) >= 11 is 7.37. The molecule has 3 aromatic rings. The Hall–Kier alpha value is -2.25. The first-order chi connectivity index (χ1) is 12.0. The number of hydrogen-bond acceptors (Lipinski definition) is 7. The van der Waals surface area contributed by atoms with Gasteiger partial charge in [-0.05, 0) is 48.2 Å². The Labute approximate surface area is 154 Å². The van der Waals surface area contributed by atoms with Gasteiger partial charge in [0, 0.05) is 26.0 Å². The van der Waals surface area contributed by atoms with Crippen molar-refractivity contribution in [2.75, 3.05) is 25.6 Å². The number of hydrogen-bond donors (Lipinski definition) is 0. The molecule has 0 radical (unpaired) electrons. The van der Waals surface area contributed by atoms with Gasteiger partial charge in [-0.25, -0.2) is 9.78 Å². The van der Waals surface area contributed by atoms with E-state index in [0.717, 1.165) is 23.9 Å². The average molecular weight is 377 g/mol. The van der Waals surface area contributed by atoms with Crippen LogP contribution in [0.3, 0.4) is 0 Å². The monoisotopic (exact) mass is 376 g/mol. The van der Waals surface area contributed by atoms with Gasteiger partial charge in [0.15, 0.2) is 0 Å². The second kappa shape index (κ2) is 7.33. The molecule has 0 N–H and O–H groups in total. The molecule has 0 bridgehead atoms. The van der Waals surface area contributed by atoms with Crippen LogP contribution in [0.25, 0.3) is 10.2 Å². The molecule has 8 heteroatoms.